The van der Waals surface area contributed by atoms with Gasteiger partial charge in [-0.05, 0) is 36.4 Å². The number of hydrogen-bond acceptors (Lipinski definition) is 5. The second-order valence-corrected chi connectivity index (χ2v) is 6.54. The van der Waals surface area contributed by atoms with Crippen LogP contribution in [0.25, 0.3) is 0 Å². The van der Waals surface area contributed by atoms with Gasteiger partial charge in [0, 0.05) is 24.7 Å². The molecular weight excluding hydrogens is 367 g/mol. The minimum Gasteiger partial charge on any atom is -0.486 e. The Labute approximate surface area is 161 Å². The molecule has 28 heavy (non-hydrogen) atoms. The van der Waals surface area contributed by atoms with Crippen LogP contribution < -0.4 is 24.4 Å². The number of benzene rings is 2. The largest absolute Gasteiger partial charge is 0.486 e. The zero-order valence-electron chi connectivity index (χ0n) is 15.0. The molecule has 1 atom stereocenters. The minimum atomic E-state index is -0.375. The Morgan fingerprint density at radius 2 is 1.89 bits per heavy atom. The van der Waals surface area contributed by atoms with Gasteiger partial charge in [-0.3, -0.25) is 9.59 Å². The maximum Gasteiger partial charge on any atom is 0.258 e. The fourth-order valence-electron chi connectivity index (χ4n) is 3.20. The second-order valence-electron chi connectivity index (χ2n) is 6.54. The van der Waals surface area contributed by atoms with Crippen LogP contribution in [0.15, 0.2) is 42.5 Å². The van der Waals surface area contributed by atoms with Crippen molar-refractivity contribution in [2.45, 2.75) is 12.5 Å². The fourth-order valence-corrected chi connectivity index (χ4v) is 3.20. The molecule has 2 heterocycles. The topological polar surface area (TPSA) is 77.1 Å². The number of rotatable bonds is 5. The van der Waals surface area contributed by atoms with E-state index in [1.54, 1.807) is 23.1 Å². The Kier molecular flexibility index (Phi) is 5.01. The molecule has 146 valence electrons. The van der Waals surface area contributed by atoms with Gasteiger partial charge < -0.3 is 24.4 Å². The van der Waals surface area contributed by atoms with Crippen molar-refractivity contribution >= 4 is 17.5 Å². The highest BCUT2D eigenvalue weighted by atomic mass is 19.1. The molecule has 0 unspecified atom stereocenters. The van der Waals surface area contributed by atoms with Gasteiger partial charge >= 0.3 is 0 Å². The number of nitrogens with one attached hydrogen (secondary N) is 1. The highest BCUT2D eigenvalue weighted by molar-refractivity contribution is 5.97. The zero-order chi connectivity index (χ0) is 19.5. The van der Waals surface area contributed by atoms with E-state index >= 15 is 0 Å². The lowest BCUT2D eigenvalue weighted by atomic mass is 10.2. The van der Waals surface area contributed by atoms with Gasteiger partial charge in [-0.1, -0.05) is 0 Å². The van der Waals surface area contributed by atoms with E-state index in [1.165, 1.54) is 24.3 Å². The lowest BCUT2D eigenvalue weighted by molar-refractivity contribution is -0.123. The molecule has 0 bridgehead atoms. The highest BCUT2D eigenvalue weighted by Gasteiger charge is 2.32. The van der Waals surface area contributed by atoms with Crippen molar-refractivity contribution in [3.8, 4) is 17.2 Å². The molecule has 0 aliphatic carbocycles. The third kappa shape index (κ3) is 4.00. The van der Waals surface area contributed by atoms with Crippen LogP contribution in [0, 0.1) is 5.82 Å². The summed E-state index contributed by atoms with van der Waals surface area (Å²) in [5.41, 5.74) is 0.702. The molecule has 2 aromatic carbocycles. The standard InChI is InChI=1S/C20H19FN2O5/c21-13-1-4-16(5-2-13)28-12-19(24)22-14-9-20(25)23(11-14)15-3-6-17-18(10-15)27-8-7-26-17/h1-6,10,14H,7-9,11-12H2,(H,22,24)/t14-/m0/s1. The van der Waals surface area contributed by atoms with E-state index in [0.29, 0.717) is 42.7 Å². The van der Waals surface area contributed by atoms with Crippen molar-refractivity contribution in [1.29, 1.82) is 0 Å². The fraction of sp³-hybridized carbons (Fsp3) is 0.300. The summed E-state index contributed by atoms with van der Waals surface area (Å²) in [7, 11) is 0. The zero-order valence-corrected chi connectivity index (χ0v) is 15.0. The number of nitrogens with zero attached hydrogens (tertiary/aromatic N) is 1. The summed E-state index contributed by atoms with van der Waals surface area (Å²) in [4.78, 5) is 26.1. The molecule has 7 nitrogen and oxygen atoms in total. The molecule has 1 fully saturated rings. The summed E-state index contributed by atoms with van der Waals surface area (Å²) in [6.45, 7) is 1.13. The summed E-state index contributed by atoms with van der Waals surface area (Å²) in [5.74, 6) is 0.867. The number of carbonyl (C=O) groups is 2. The molecule has 2 aliphatic rings. The number of halogens is 1. The van der Waals surface area contributed by atoms with Crippen LogP contribution in [0.5, 0.6) is 17.2 Å². The Hall–Kier alpha value is -3.29. The minimum absolute atomic E-state index is 0.0820. The summed E-state index contributed by atoms with van der Waals surface area (Å²) in [6.07, 6.45) is 0.205. The average molecular weight is 386 g/mol. The molecule has 2 aromatic rings. The van der Waals surface area contributed by atoms with Crippen LogP contribution >= 0.6 is 0 Å². The SMILES string of the molecule is O=C(COc1ccc(F)cc1)N[C@H]1CC(=O)N(c2ccc3c(c2)OCCO3)C1. The first-order chi connectivity index (χ1) is 13.6. The number of ether oxygens (including phenoxy) is 3. The third-order valence-electron chi connectivity index (χ3n) is 4.51. The maximum atomic E-state index is 12.9. The Balaban J connectivity index is 1.33. The first-order valence-corrected chi connectivity index (χ1v) is 8.96. The van der Waals surface area contributed by atoms with Crippen molar-refractivity contribution in [3.05, 3.63) is 48.3 Å². The van der Waals surface area contributed by atoms with Gasteiger partial charge in [0.15, 0.2) is 18.1 Å². The van der Waals surface area contributed by atoms with Crippen LogP contribution in [0.2, 0.25) is 0 Å². The lowest BCUT2D eigenvalue weighted by Crippen LogP contribution is -2.39. The van der Waals surface area contributed by atoms with E-state index in [2.05, 4.69) is 5.32 Å². The molecule has 0 saturated carbocycles. The van der Waals surface area contributed by atoms with Crippen molar-refractivity contribution in [1.82, 2.24) is 5.32 Å². The summed E-state index contributed by atoms with van der Waals surface area (Å²) in [5, 5.41) is 2.80. The average Bonchev–Trinajstić information content (AvgIpc) is 3.07. The molecule has 0 spiro atoms. The number of fused-ring (bicyclic) bond motifs is 1. The van der Waals surface area contributed by atoms with Crippen molar-refractivity contribution < 1.29 is 28.2 Å². The van der Waals surface area contributed by atoms with E-state index in [-0.39, 0.29) is 36.7 Å². The molecule has 4 rings (SSSR count). The molecule has 2 aliphatic heterocycles. The van der Waals surface area contributed by atoms with Gasteiger partial charge in [0.2, 0.25) is 5.91 Å². The number of anilines is 1. The molecule has 1 N–H and O–H groups in total. The third-order valence-corrected chi connectivity index (χ3v) is 4.51. The van der Waals surface area contributed by atoms with Crippen LogP contribution in [-0.2, 0) is 9.59 Å². The van der Waals surface area contributed by atoms with Crippen molar-refractivity contribution in [2.24, 2.45) is 0 Å². The van der Waals surface area contributed by atoms with Gasteiger partial charge in [0.05, 0.1) is 6.04 Å². The molecule has 0 aromatic heterocycles. The van der Waals surface area contributed by atoms with Crippen molar-refractivity contribution in [3.63, 3.8) is 0 Å². The predicted octanol–water partition coefficient (Wildman–Crippen LogP) is 1.90. The van der Waals surface area contributed by atoms with Gasteiger partial charge in [-0.15, -0.1) is 0 Å². The quantitative estimate of drug-likeness (QED) is 0.849. The molecular formula is C20H19FN2O5. The number of carbonyl (C=O) groups excluding carboxylic acids is 2. The van der Waals surface area contributed by atoms with Crippen LogP contribution in [0.4, 0.5) is 10.1 Å². The van der Waals surface area contributed by atoms with Gasteiger partial charge in [0.1, 0.15) is 24.8 Å². The summed E-state index contributed by atoms with van der Waals surface area (Å²) in [6, 6.07) is 10.4. The normalized spacial score (nSPS) is 18.1. The molecule has 0 radical (unpaired) electrons. The van der Waals surface area contributed by atoms with E-state index in [4.69, 9.17) is 14.2 Å². The van der Waals surface area contributed by atoms with E-state index in [0.717, 1.165) is 0 Å². The first kappa shape index (κ1) is 18.1. The van der Waals surface area contributed by atoms with Crippen LogP contribution in [0.3, 0.4) is 0 Å². The van der Waals surface area contributed by atoms with Crippen LogP contribution in [-0.4, -0.2) is 44.2 Å². The van der Waals surface area contributed by atoms with Crippen molar-refractivity contribution in [2.75, 3.05) is 31.3 Å². The number of amides is 2. The second kappa shape index (κ2) is 7.75. The summed E-state index contributed by atoms with van der Waals surface area (Å²) < 4.78 is 29.3. The molecule has 8 heteroatoms. The Morgan fingerprint density at radius 3 is 2.68 bits per heavy atom. The monoisotopic (exact) mass is 386 g/mol. The van der Waals surface area contributed by atoms with Crippen LogP contribution in [0.1, 0.15) is 6.42 Å². The van der Waals surface area contributed by atoms with E-state index in [1.807, 2.05) is 0 Å². The maximum absolute atomic E-state index is 12.9. The summed E-state index contributed by atoms with van der Waals surface area (Å²) >= 11 is 0. The Bertz CT molecular complexity index is 887. The molecule has 2 amide bonds. The van der Waals surface area contributed by atoms with E-state index < -0.39 is 0 Å². The van der Waals surface area contributed by atoms with E-state index in [9.17, 15) is 14.0 Å². The van der Waals surface area contributed by atoms with Gasteiger partial charge in [0.25, 0.3) is 5.91 Å². The van der Waals surface area contributed by atoms with Gasteiger partial charge in [-0.25, -0.2) is 4.39 Å². The predicted molar refractivity (Wildman–Crippen MR) is 98.2 cm³/mol. The van der Waals surface area contributed by atoms with Gasteiger partial charge in [-0.2, -0.15) is 0 Å². The molecule has 1 saturated heterocycles. The highest BCUT2D eigenvalue weighted by Crippen LogP contribution is 2.35. The lowest BCUT2D eigenvalue weighted by Gasteiger charge is -2.22. The number of hydrogen-bond donors (Lipinski definition) is 1. The Morgan fingerprint density at radius 1 is 1.14 bits per heavy atom. The smallest absolute Gasteiger partial charge is 0.258 e. The first-order valence-electron chi connectivity index (χ1n) is 8.96.